The van der Waals surface area contributed by atoms with Crippen molar-refractivity contribution < 1.29 is 14.3 Å². The van der Waals surface area contributed by atoms with Gasteiger partial charge in [-0.25, -0.2) is 14.8 Å². The van der Waals surface area contributed by atoms with Crippen molar-refractivity contribution in [2.45, 2.75) is 6.92 Å². The van der Waals surface area contributed by atoms with E-state index < -0.39 is 5.97 Å². The summed E-state index contributed by atoms with van der Waals surface area (Å²) in [6.45, 7) is 1.49. The number of nitrogens with zero attached hydrogens (tertiary/aromatic N) is 2. The van der Waals surface area contributed by atoms with Gasteiger partial charge in [-0.3, -0.25) is 4.79 Å². The molecule has 1 rings (SSSR count). The Morgan fingerprint density at radius 2 is 2.06 bits per heavy atom. The molecule has 0 spiro atoms. The Morgan fingerprint density at radius 1 is 1.41 bits per heavy atom. The summed E-state index contributed by atoms with van der Waals surface area (Å²) in [6.07, 6.45) is 2.87. The molecule has 0 aromatic carbocycles. The maximum Gasteiger partial charge on any atom is 0.376 e. The molecule has 0 bridgehead atoms. The Morgan fingerprint density at radius 3 is 2.59 bits per heavy atom. The first-order valence-electron chi connectivity index (χ1n) is 4.66. The quantitative estimate of drug-likeness (QED) is 0.573. The van der Waals surface area contributed by atoms with Crippen molar-refractivity contribution in [2.24, 2.45) is 0 Å². The molecule has 0 atom stereocenters. The Hall–Kier alpha value is -1.87. The van der Waals surface area contributed by atoms with Crippen LogP contribution in [-0.2, 0) is 9.53 Å². The molecule has 6 heteroatoms. The topological polar surface area (TPSA) is 69.2 Å². The fourth-order valence-electron chi connectivity index (χ4n) is 0.865. The van der Waals surface area contributed by atoms with E-state index in [2.05, 4.69) is 26.5 Å². The summed E-state index contributed by atoms with van der Waals surface area (Å²) < 4.78 is 4.46. The first-order chi connectivity index (χ1) is 8.13. The number of carbonyl (C=O) groups is 2. The number of esters is 1. The number of thioether (sulfide) groups is 1. The SMILES string of the molecule is COC(=O)c1ncc(C#CCSC(C)=O)cn1. The second-order valence-corrected chi connectivity index (χ2v) is 4.02. The van der Waals surface area contributed by atoms with Gasteiger partial charge in [0, 0.05) is 19.3 Å². The summed E-state index contributed by atoms with van der Waals surface area (Å²) in [5.74, 6) is 5.41. The predicted octanol–water partition coefficient (Wildman–Crippen LogP) is 0.894. The first-order valence-corrected chi connectivity index (χ1v) is 5.64. The van der Waals surface area contributed by atoms with Gasteiger partial charge in [-0.05, 0) is 0 Å². The molecular weight excluding hydrogens is 240 g/mol. The zero-order chi connectivity index (χ0) is 12.7. The number of aromatic nitrogens is 2. The third-order valence-electron chi connectivity index (χ3n) is 1.60. The van der Waals surface area contributed by atoms with Gasteiger partial charge >= 0.3 is 5.97 Å². The highest BCUT2D eigenvalue weighted by Crippen LogP contribution is 1.99. The molecule has 0 radical (unpaired) electrons. The van der Waals surface area contributed by atoms with E-state index in [0.29, 0.717) is 11.3 Å². The summed E-state index contributed by atoms with van der Waals surface area (Å²) in [7, 11) is 1.26. The van der Waals surface area contributed by atoms with E-state index in [0.717, 1.165) is 11.8 Å². The van der Waals surface area contributed by atoms with Crippen LogP contribution in [0.15, 0.2) is 12.4 Å². The van der Waals surface area contributed by atoms with E-state index in [9.17, 15) is 9.59 Å². The lowest BCUT2D eigenvalue weighted by Crippen LogP contribution is -2.06. The highest BCUT2D eigenvalue weighted by atomic mass is 32.2. The average Bonchev–Trinajstić information content (AvgIpc) is 2.34. The maximum absolute atomic E-state index is 11.0. The number of carbonyl (C=O) groups excluding carboxylic acids is 2. The van der Waals surface area contributed by atoms with Crippen LogP contribution in [0.4, 0.5) is 0 Å². The minimum Gasteiger partial charge on any atom is -0.463 e. The van der Waals surface area contributed by atoms with Crippen LogP contribution in [0.1, 0.15) is 23.1 Å². The van der Waals surface area contributed by atoms with Crippen LogP contribution in [0, 0.1) is 11.8 Å². The van der Waals surface area contributed by atoms with Crippen LogP contribution in [0.2, 0.25) is 0 Å². The van der Waals surface area contributed by atoms with E-state index in [1.807, 2.05) is 0 Å². The van der Waals surface area contributed by atoms with Crippen molar-refractivity contribution in [3.8, 4) is 11.8 Å². The van der Waals surface area contributed by atoms with Gasteiger partial charge in [-0.15, -0.1) is 0 Å². The number of methoxy groups -OCH3 is 1. The largest absolute Gasteiger partial charge is 0.463 e. The highest BCUT2D eigenvalue weighted by molar-refractivity contribution is 8.13. The van der Waals surface area contributed by atoms with Crippen LogP contribution in [0.5, 0.6) is 0 Å². The van der Waals surface area contributed by atoms with E-state index in [4.69, 9.17) is 0 Å². The Bertz CT molecular complexity index is 474. The zero-order valence-electron chi connectivity index (χ0n) is 9.39. The molecule has 1 heterocycles. The lowest BCUT2D eigenvalue weighted by molar-refractivity contribution is -0.109. The summed E-state index contributed by atoms with van der Waals surface area (Å²) >= 11 is 1.13. The minimum atomic E-state index is -0.586. The first kappa shape index (κ1) is 13.2. The van der Waals surface area contributed by atoms with Crippen LogP contribution in [0.25, 0.3) is 0 Å². The molecule has 0 saturated heterocycles. The molecule has 1 aromatic rings. The van der Waals surface area contributed by atoms with E-state index in [-0.39, 0.29) is 10.9 Å². The van der Waals surface area contributed by atoms with Crippen LogP contribution >= 0.6 is 11.8 Å². The zero-order valence-corrected chi connectivity index (χ0v) is 10.2. The molecule has 88 valence electrons. The van der Waals surface area contributed by atoms with Gasteiger partial charge < -0.3 is 4.74 Å². The van der Waals surface area contributed by atoms with E-state index in [1.165, 1.54) is 26.4 Å². The normalized spacial score (nSPS) is 9.06. The van der Waals surface area contributed by atoms with Gasteiger partial charge in [0.1, 0.15) is 0 Å². The smallest absolute Gasteiger partial charge is 0.376 e. The maximum atomic E-state index is 11.0. The summed E-state index contributed by atoms with van der Waals surface area (Å²) in [5.41, 5.74) is 0.585. The van der Waals surface area contributed by atoms with Gasteiger partial charge in [-0.2, -0.15) is 0 Å². The Labute approximate surface area is 103 Å². The number of ether oxygens (including phenoxy) is 1. The number of rotatable bonds is 2. The number of hydrogen-bond donors (Lipinski definition) is 0. The molecule has 0 aliphatic carbocycles. The predicted molar refractivity (Wildman–Crippen MR) is 63.4 cm³/mol. The summed E-state index contributed by atoms with van der Waals surface area (Å²) in [6, 6.07) is 0. The molecule has 0 saturated carbocycles. The molecular formula is C11H10N2O3S. The molecule has 0 unspecified atom stereocenters. The summed E-state index contributed by atoms with van der Waals surface area (Å²) in [4.78, 5) is 29.3. The number of hydrogen-bond acceptors (Lipinski definition) is 6. The standard InChI is InChI=1S/C11H10N2O3S/c1-8(14)17-5-3-4-9-6-12-10(13-7-9)11(15)16-2/h6-7H,5H2,1-2H3. The molecule has 0 N–H and O–H groups in total. The second-order valence-electron chi connectivity index (χ2n) is 2.87. The van der Waals surface area contributed by atoms with Crippen molar-refractivity contribution in [1.82, 2.24) is 9.97 Å². The van der Waals surface area contributed by atoms with E-state index >= 15 is 0 Å². The Balaban J connectivity index is 2.62. The molecule has 17 heavy (non-hydrogen) atoms. The van der Waals surface area contributed by atoms with Gasteiger partial charge in [-0.1, -0.05) is 23.6 Å². The van der Waals surface area contributed by atoms with Crippen LogP contribution < -0.4 is 0 Å². The fourth-order valence-corrected chi connectivity index (χ4v) is 1.21. The molecule has 1 aromatic heterocycles. The molecule has 0 amide bonds. The van der Waals surface area contributed by atoms with Gasteiger partial charge in [0.15, 0.2) is 5.12 Å². The van der Waals surface area contributed by atoms with Gasteiger partial charge in [0.2, 0.25) is 5.82 Å². The fraction of sp³-hybridized carbons (Fsp3) is 0.273. The molecule has 0 aliphatic rings. The highest BCUT2D eigenvalue weighted by Gasteiger charge is 2.07. The van der Waals surface area contributed by atoms with Crippen molar-refractivity contribution in [1.29, 1.82) is 0 Å². The monoisotopic (exact) mass is 250 g/mol. The van der Waals surface area contributed by atoms with Crippen LogP contribution in [-0.4, -0.2) is 33.9 Å². The lowest BCUT2D eigenvalue weighted by atomic mass is 10.3. The van der Waals surface area contributed by atoms with Crippen molar-refractivity contribution in [3.63, 3.8) is 0 Å². The van der Waals surface area contributed by atoms with Crippen molar-refractivity contribution in [2.75, 3.05) is 12.9 Å². The molecule has 0 fully saturated rings. The van der Waals surface area contributed by atoms with Crippen LogP contribution in [0.3, 0.4) is 0 Å². The third kappa shape index (κ3) is 4.66. The Kier molecular flexibility index (Phi) is 5.17. The van der Waals surface area contributed by atoms with Crippen molar-refractivity contribution >= 4 is 22.8 Å². The van der Waals surface area contributed by atoms with Gasteiger partial charge in [0.25, 0.3) is 0 Å². The average molecular weight is 250 g/mol. The minimum absolute atomic E-state index is 0.00355. The third-order valence-corrected chi connectivity index (χ3v) is 2.30. The molecule has 0 aliphatic heterocycles. The van der Waals surface area contributed by atoms with Gasteiger partial charge in [0.05, 0.1) is 18.4 Å². The lowest BCUT2D eigenvalue weighted by Gasteiger charge is -1.95. The van der Waals surface area contributed by atoms with E-state index in [1.54, 1.807) is 0 Å². The molecule has 5 nitrogen and oxygen atoms in total. The second kappa shape index (κ2) is 6.66. The van der Waals surface area contributed by atoms with Crippen molar-refractivity contribution in [3.05, 3.63) is 23.8 Å². The summed E-state index contributed by atoms with van der Waals surface area (Å²) in [5, 5.41) is 0.0246.